The van der Waals surface area contributed by atoms with Crippen molar-refractivity contribution in [2.75, 3.05) is 53.0 Å². The van der Waals surface area contributed by atoms with Gasteiger partial charge in [-0.05, 0) is 56.4 Å². The van der Waals surface area contributed by atoms with Crippen LogP contribution in [0.15, 0.2) is 35.9 Å². The van der Waals surface area contributed by atoms with E-state index in [4.69, 9.17) is 9.47 Å². The van der Waals surface area contributed by atoms with Gasteiger partial charge in [0.2, 0.25) is 0 Å². The number of ether oxygens (including phenoxy) is 2. The highest BCUT2D eigenvalue weighted by atomic mass is 16.5. The molecule has 2 aliphatic rings. The van der Waals surface area contributed by atoms with E-state index in [0.717, 1.165) is 57.2 Å². The summed E-state index contributed by atoms with van der Waals surface area (Å²) in [5.41, 5.74) is 1.51. The lowest BCUT2D eigenvalue weighted by Gasteiger charge is -2.34. The Morgan fingerprint density at radius 1 is 1.07 bits per heavy atom. The Hall–Kier alpha value is -2.21. The lowest BCUT2D eigenvalue weighted by Crippen LogP contribution is -2.52. The van der Waals surface area contributed by atoms with Gasteiger partial charge in [0, 0.05) is 39.3 Å². The number of carbonyl (C=O) groups excluding carboxylic acids is 1. The van der Waals surface area contributed by atoms with Crippen molar-refractivity contribution in [1.29, 1.82) is 0 Å². The summed E-state index contributed by atoms with van der Waals surface area (Å²) in [6.07, 6.45) is 8.35. The van der Waals surface area contributed by atoms with Crippen molar-refractivity contribution in [3.8, 4) is 11.5 Å². The summed E-state index contributed by atoms with van der Waals surface area (Å²) in [6.45, 7) is 5.60. The summed E-state index contributed by atoms with van der Waals surface area (Å²) in [6, 6.07) is 7.72. The Balaban J connectivity index is 1.28. The third-order valence-electron chi connectivity index (χ3n) is 5.50. The quantitative estimate of drug-likeness (QED) is 0.696. The van der Waals surface area contributed by atoms with Crippen LogP contribution < -0.4 is 14.8 Å². The van der Waals surface area contributed by atoms with E-state index < -0.39 is 0 Å². The lowest BCUT2D eigenvalue weighted by molar-refractivity contribution is 0.126. The molecular weight excluding hydrogens is 354 g/mol. The molecule has 2 amide bonds. The predicted octanol–water partition coefficient (Wildman–Crippen LogP) is 3.29. The Morgan fingerprint density at radius 3 is 2.50 bits per heavy atom. The number of hydrogen-bond donors (Lipinski definition) is 1. The van der Waals surface area contributed by atoms with Crippen LogP contribution in [-0.4, -0.2) is 68.8 Å². The summed E-state index contributed by atoms with van der Waals surface area (Å²) in [7, 11) is 1.66. The highest BCUT2D eigenvalue weighted by Crippen LogP contribution is 2.19. The zero-order valence-corrected chi connectivity index (χ0v) is 17.0. The number of carbonyl (C=O) groups is 1. The molecule has 0 spiro atoms. The fourth-order valence-electron chi connectivity index (χ4n) is 3.71. The van der Waals surface area contributed by atoms with E-state index in [2.05, 4.69) is 16.3 Å². The number of amides is 2. The molecule has 1 aliphatic heterocycles. The molecule has 154 valence electrons. The molecule has 1 heterocycles. The topological polar surface area (TPSA) is 54.0 Å². The molecule has 1 aromatic carbocycles. The van der Waals surface area contributed by atoms with E-state index >= 15 is 0 Å². The van der Waals surface area contributed by atoms with Crippen molar-refractivity contribution >= 4 is 6.03 Å². The molecule has 0 unspecified atom stereocenters. The van der Waals surface area contributed by atoms with Crippen LogP contribution in [0, 0.1) is 0 Å². The van der Waals surface area contributed by atoms with Gasteiger partial charge < -0.3 is 19.7 Å². The van der Waals surface area contributed by atoms with Crippen molar-refractivity contribution in [3.05, 3.63) is 35.9 Å². The first-order valence-corrected chi connectivity index (χ1v) is 10.4. The van der Waals surface area contributed by atoms with E-state index in [-0.39, 0.29) is 6.03 Å². The zero-order chi connectivity index (χ0) is 19.6. The summed E-state index contributed by atoms with van der Waals surface area (Å²) in [5, 5.41) is 3.08. The molecule has 1 aliphatic carbocycles. The molecule has 1 fully saturated rings. The summed E-state index contributed by atoms with van der Waals surface area (Å²) >= 11 is 0. The molecule has 0 saturated carbocycles. The molecule has 0 aromatic heterocycles. The SMILES string of the molecule is COc1ccc(OCCN2CCN(C(=O)NCCC3=CCCCC3)CC2)cc1. The Kier molecular flexibility index (Phi) is 8.03. The van der Waals surface area contributed by atoms with E-state index in [1.807, 2.05) is 29.2 Å². The van der Waals surface area contributed by atoms with Crippen LogP contribution in [0.25, 0.3) is 0 Å². The Bertz CT molecular complexity index is 637. The minimum absolute atomic E-state index is 0.0746. The van der Waals surface area contributed by atoms with Gasteiger partial charge in [-0.1, -0.05) is 11.6 Å². The Labute approximate surface area is 168 Å². The minimum atomic E-state index is 0.0746. The number of nitrogens with zero attached hydrogens (tertiary/aromatic N) is 2. The summed E-state index contributed by atoms with van der Waals surface area (Å²) < 4.78 is 10.9. The molecule has 28 heavy (non-hydrogen) atoms. The molecule has 1 aromatic rings. The maximum atomic E-state index is 12.3. The third-order valence-corrected chi connectivity index (χ3v) is 5.50. The van der Waals surface area contributed by atoms with Gasteiger partial charge in [-0.2, -0.15) is 0 Å². The monoisotopic (exact) mass is 387 g/mol. The van der Waals surface area contributed by atoms with Gasteiger partial charge in [-0.25, -0.2) is 4.79 Å². The van der Waals surface area contributed by atoms with Crippen LogP contribution in [0.4, 0.5) is 4.79 Å². The maximum absolute atomic E-state index is 12.3. The molecule has 3 rings (SSSR count). The van der Waals surface area contributed by atoms with Gasteiger partial charge in [0.15, 0.2) is 0 Å². The van der Waals surface area contributed by atoms with Crippen LogP contribution in [-0.2, 0) is 0 Å². The van der Waals surface area contributed by atoms with Crippen LogP contribution in [0.2, 0.25) is 0 Å². The van der Waals surface area contributed by atoms with Gasteiger partial charge in [-0.15, -0.1) is 0 Å². The number of urea groups is 1. The van der Waals surface area contributed by atoms with Crippen molar-refractivity contribution in [3.63, 3.8) is 0 Å². The first-order valence-electron chi connectivity index (χ1n) is 10.4. The van der Waals surface area contributed by atoms with Crippen LogP contribution in [0.1, 0.15) is 32.1 Å². The van der Waals surface area contributed by atoms with Crippen LogP contribution in [0.5, 0.6) is 11.5 Å². The van der Waals surface area contributed by atoms with Gasteiger partial charge in [0.25, 0.3) is 0 Å². The Morgan fingerprint density at radius 2 is 1.82 bits per heavy atom. The normalized spacial score (nSPS) is 17.8. The lowest BCUT2D eigenvalue weighted by atomic mass is 9.97. The molecular formula is C22H33N3O3. The van der Waals surface area contributed by atoms with E-state index in [1.165, 1.54) is 31.3 Å². The number of nitrogens with one attached hydrogen (secondary N) is 1. The second-order valence-electron chi connectivity index (χ2n) is 7.44. The molecule has 0 bridgehead atoms. The number of methoxy groups -OCH3 is 1. The van der Waals surface area contributed by atoms with Crippen LogP contribution >= 0.6 is 0 Å². The van der Waals surface area contributed by atoms with Crippen molar-refractivity contribution in [1.82, 2.24) is 15.1 Å². The third kappa shape index (κ3) is 6.44. The number of allylic oxidation sites excluding steroid dienone is 1. The van der Waals surface area contributed by atoms with Crippen molar-refractivity contribution < 1.29 is 14.3 Å². The van der Waals surface area contributed by atoms with E-state index in [9.17, 15) is 4.79 Å². The fraction of sp³-hybridized carbons (Fsp3) is 0.591. The van der Waals surface area contributed by atoms with Crippen molar-refractivity contribution in [2.45, 2.75) is 32.1 Å². The molecule has 6 heteroatoms. The van der Waals surface area contributed by atoms with Crippen LogP contribution in [0.3, 0.4) is 0 Å². The molecule has 0 radical (unpaired) electrons. The molecule has 6 nitrogen and oxygen atoms in total. The predicted molar refractivity (Wildman–Crippen MR) is 111 cm³/mol. The molecule has 1 saturated heterocycles. The fourth-order valence-corrected chi connectivity index (χ4v) is 3.71. The number of rotatable bonds is 8. The molecule has 0 atom stereocenters. The van der Waals surface area contributed by atoms with Gasteiger partial charge in [0.05, 0.1) is 7.11 Å². The number of hydrogen-bond acceptors (Lipinski definition) is 4. The highest BCUT2D eigenvalue weighted by Gasteiger charge is 2.20. The zero-order valence-electron chi connectivity index (χ0n) is 17.0. The average Bonchev–Trinajstić information content (AvgIpc) is 2.75. The first-order chi connectivity index (χ1) is 13.7. The van der Waals surface area contributed by atoms with Gasteiger partial charge in [0.1, 0.15) is 18.1 Å². The van der Waals surface area contributed by atoms with E-state index in [1.54, 1.807) is 7.11 Å². The second-order valence-corrected chi connectivity index (χ2v) is 7.44. The van der Waals surface area contributed by atoms with Gasteiger partial charge >= 0.3 is 6.03 Å². The summed E-state index contributed by atoms with van der Waals surface area (Å²) in [4.78, 5) is 16.6. The highest BCUT2D eigenvalue weighted by molar-refractivity contribution is 5.74. The standard InChI is InChI=1S/C22H33N3O3/c1-27-20-7-9-21(10-8-20)28-18-17-24-13-15-25(16-14-24)22(26)23-12-11-19-5-3-2-4-6-19/h5,7-10H,2-4,6,11-18H2,1H3,(H,23,26). The van der Waals surface area contributed by atoms with Crippen molar-refractivity contribution in [2.24, 2.45) is 0 Å². The first kappa shape index (κ1) is 20.5. The second kappa shape index (κ2) is 11.0. The number of piperazine rings is 1. The molecule has 1 N–H and O–H groups in total. The maximum Gasteiger partial charge on any atom is 0.317 e. The van der Waals surface area contributed by atoms with E-state index in [0.29, 0.717) is 6.61 Å². The average molecular weight is 388 g/mol. The largest absolute Gasteiger partial charge is 0.497 e. The number of benzene rings is 1. The van der Waals surface area contributed by atoms with Gasteiger partial charge in [-0.3, -0.25) is 4.90 Å². The summed E-state index contributed by atoms with van der Waals surface area (Å²) in [5.74, 6) is 1.68. The smallest absolute Gasteiger partial charge is 0.317 e. The minimum Gasteiger partial charge on any atom is -0.497 e.